The van der Waals surface area contributed by atoms with E-state index in [2.05, 4.69) is 228 Å². The van der Waals surface area contributed by atoms with Gasteiger partial charge < -0.3 is 23.4 Å². The second-order valence-electron chi connectivity index (χ2n) is 17.6. The lowest BCUT2D eigenvalue weighted by Crippen LogP contribution is -2.13. The lowest BCUT2D eigenvalue weighted by molar-refractivity contribution is 0.488. The Morgan fingerprint density at radius 3 is 1.41 bits per heavy atom. The Labute approximate surface area is 397 Å². The van der Waals surface area contributed by atoms with Gasteiger partial charge in [-0.25, -0.2) is 0 Å². The highest BCUT2D eigenvalue weighted by Crippen LogP contribution is 2.55. The van der Waals surface area contributed by atoms with Gasteiger partial charge in [-0.1, -0.05) is 170 Å². The van der Waals surface area contributed by atoms with Gasteiger partial charge in [0.25, 0.3) is 0 Å². The smallest absolute Gasteiger partial charge is 0.159 e. The summed E-state index contributed by atoms with van der Waals surface area (Å²) in [6, 6.07) is 85.4. The molecule has 1 aliphatic heterocycles. The molecule has 0 atom stereocenters. The maximum absolute atomic E-state index is 7.28. The van der Waals surface area contributed by atoms with Crippen LogP contribution in [0.3, 0.4) is 0 Å². The Hall–Kier alpha value is -9.32. The molecule has 0 spiro atoms. The van der Waals surface area contributed by atoms with Gasteiger partial charge in [-0.05, 0) is 106 Å². The molecule has 14 rings (SSSR count). The van der Waals surface area contributed by atoms with Crippen LogP contribution in [0.1, 0.15) is 0 Å². The zero-order valence-electron chi connectivity index (χ0n) is 37.2. The molecule has 0 amide bonds. The average molecular weight is 885 g/mol. The van der Waals surface area contributed by atoms with Gasteiger partial charge in [0.2, 0.25) is 0 Å². The van der Waals surface area contributed by atoms with Crippen LogP contribution in [0, 0.1) is 0 Å². The number of rotatable bonds is 8. The van der Waals surface area contributed by atoms with E-state index in [0.29, 0.717) is 0 Å². The first-order valence-electron chi connectivity index (χ1n) is 23.3. The first-order chi connectivity index (χ1) is 34.2. The molecule has 0 fully saturated rings. The molecule has 5 nitrogen and oxygen atoms in total. The monoisotopic (exact) mass is 884 g/mol. The molecular formula is C64H40N2O3. The topological polar surface area (TPSA) is 42.0 Å². The summed E-state index contributed by atoms with van der Waals surface area (Å²) in [6.45, 7) is 0. The maximum Gasteiger partial charge on any atom is 0.159 e. The fraction of sp³-hybridized carbons (Fsp3) is 0. The second-order valence-corrected chi connectivity index (χ2v) is 17.6. The van der Waals surface area contributed by atoms with Gasteiger partial charge in [0, 0.05) is 49.6 Å². The minimum atomic E-state index is 0.772. The van der Waals surface area contributed by atoms with Gasteiger partial charge >= 0.3 is 0 Å². The molecule has 2 aromatic heterocycles. The number of nitrogens with zero attached hydrogens (tertiary/aromatic N) is 2. The summed E-state index contributed by atoms with van der Waals surface area (Å²) in [7, 11) is 0. The Balaban J connectivity index is 0.954. The second kappa shape index (κ2) is 15.7. The van der Waals surface area contributed by atoms with Crippen LogP contribution in [-0.2, 0) is 0 Å². The molecule has 0 radical (unpaired) electrons. The Kier molecular flexibility index (Phi) is 8.83. The van der Waals surface area contributed by atoms with Crippen LogP contribution < -0.4 is 14.5 Å². The summed E-state index contributed by atoms with van der Waals surface area (Å²) in [4.78, 5) is 4.60. The molecule has 0 bridgehead atoms. The minimum absolute atomic E-state index is 0.772. The normalized spacial score (nSPS) is 11.9. The van der Waals surface area contributed by atoms with Crippen molar-refractivity contribution < 1.29 is 13.6 Å². The number of fused-ring (bicyclic) bond motifs is 8. The quantitative estimate of drug-likeness (QED) is 0.152. The van der Waals surface area contributed by atoms with E-state index in [9.17, 15) is 0 Å². The number of ether oxygens (including phenoxy) is 1. The minimum Gasteiger partial charge on any atom is -0.454 e. The predicted octanol–water partition coefficient (Wildman–Crippen LogP) is 18.7. The van der Waals surface area contributed by atoms with Crippen molar-refractivity contribution in [2.45, 2.75) is 0 Å². The summed E-state index contributed by atoms with van der Waals surface area (Å²) in [5, 5.41) is 6.42. The van der Waals surface area contributed by atoms with Gasteiger partial charge in [-0.3, -0.25) is 0 Å². The van der Waals surface area contributed by atoms with Crippen LogP contribution >= 0.6 is 0 Å². The predicted molar refractivity (Wildman–Crippen MR) is 284 cm³/mol. The van der Waals surface area contributed by atoms with Crippen LogP contribution in [0.2, 0.25) is 0 Å². The molecule has 69 heavy (non-hydrogen) atoms. The summed E-state index contributed by atoms with van der Waals surface area (Å²) in [6.07, 6.45) is 0. The molecule has 1 aliphatic rings. The Morgan fingerprint density at radius 2 is 0.797 bits per heavy atom. The van der Waals surface area contributed by atoms with E-state index < -0.39 is 0 Å². The molecule has 11 aromatic carbocycles. The van der Waals surface area contributed by atoms with Crippen LogP contribution in [0.4, 0.5) is 34.1 Å². The van der Waals surface area contributed by atoms with Crippen molar-refractivity contribution in [1.82, 2.24) is 0 Å². The lowest BCUT2D eigenvalue weighted by Gasteiger charge is -2.31. The third-order valence-corrected chi connectivity index (χ3v) is 13.7. The Bertz CT molecular complexity index is 4100. The molecule has 324 valence electrons. The van der Waals surface area contributed by atoms with Crippen molar-refractivity contribution in [2.75, 3.05) is 9.80 Å². The summed E-state index contributed by atoms with van der Waals surface area (Å²) in [5.41, 5.74) is 15.8. The van der Waals surface area contributed by atoms with Crippen molar-refractivity contribution in [3.63, 3.8) is 0 Å². The maximum atomic E-state index is 7.28. The van der Waals surface area contributed by atoms with Gasteiger partial charge in [0.15, 0.2) is 16.9 Å². The molecule has 0 saturated carbocycles. The average Bonchev–Trinajstić information content (AvgIpc) is 4.00. The molecule has 0 saturated heterocycles. The molecule has 0 aliphatic carbocycles. The van der Waals surface area contributed by atoms with Gasteiger partial charge in [-0.2, -0.15) is 0 Å². The summed E-state index contributed by atoms with van der Waals surface area (Å²) >= 11 is 0. The number of furan rings is 2. The molecule has 3 heterocycles. The van der Waals surface area contributed by atoms with Crippen molar-refractivity contribution in [2.24, 2.45) is 0 Å². The first-order valence-corrected chi connectivity index (χ1v) is 23.3. The molecule has 0 unspecified atom stereocenters. The van der Waals surface area contributed by atoms with E-state index in [1.807, 2.05) is 24.3 Å². The van der Waals surface area contributed by atoms with Crippen LogP contribution in [0.5, 0.6) is 11.5 Å². The molecule has 5 heteroatoms. The zero-order valence-corrected chi connectivity index (χ0v) is 37.2. The number of benzene rings is 11. The van der Waals surface area contributed by atoms with Gasteiger partial charge in [0.1, 0.15) is 16.9 Å². The zero-order chi connectivity index (χ0) is 45.4. The highest BCUT2D eigenvalue weighted by molar-refractivity contribution is 6.14. The summed E-state index contributed by atoms with van der Waals surface area (Å²) in [5.74, 6) is 1.55. The lowest BCUT2D eigenvalue weighted by atomic mass is 9.93. The SMILES string of the molecule is c1ccc(-c2ccc(N(c3ccc4c(c3)-c3cccc5ccc(N(c6ccc(-c7ccccc7)cc6)c6cccc7c6oc6ccccc67)c(c35)O4)c3cccc4c3oc3ccccc34)cc2)cc1. The van der Waals surface area contributed by atoms with E-state index in [0.717, 1.165) is 128 Å². The van der Waals surface area contributed by atoms with Crippen molar-refractivity contribution >= 4 is 88.8 Å². The molecule has 13 aromatic rings. The molecular weight excluding hydrogens is 845 g/mol. The van der Waals surface area contributed by atoms with E-state index in [1.54, 1.807) is 0 Å². The number of anilines is 6. The Morgan fingerprint density at radius 1 is 0.304 bits per heavy atom. The van der Waals surface area contributed by atoms with Crippen LogP contribution in [0.25, 0.3) is 88.0 Å². The van der Waals surface area contributed by atoms with Crippen molar-refractivity contribution in [3.05, 3.63) is 243 Å². The van der Waals surface area contributed by atoms with Crippen molar-refractivity contribution in [1.29, 1.82) is 0 Å². The third-order valence-electron chi connectivity index (χ3n) is 13.7. The molecule has 0 N–H and O–H groups in total. The largest absolute Gasteiger partial charge is 0.454 e. The van der Waals surface area contributed by atoms with Gasteiger partial charge in [0.05, 0.1) is 17.1 Å². The van der Waals surface area contributed by atoms with E-state index in [1.165, 1.54) is 5.56 Å². The fourth-order valence-electron chi connectivity index (χ4n) is 10.4. The van der Waals surface area contributed by atoms with E-state index >= 15 is 0 Å². The van der Waals surface area contributed by atoms with Crippen LogP contribution in [-0.4, -0.2) is 0 Å². The van der Waals surface area contributed by atoms with Crippen molar-refractivity contribution in [3.8, 4) is 44.9 Å². The number of hydrogen-bond donors (Lipinski definition) is 0. The third kappa shape index (κ3) is 6.32. The highest BCUT2D eigenvalue weighted by Gasteiger charge is 2.30. The first kappa shape index (κ1) is 38.9. The van der Waals surface area contributed by atoms with E-state index in [4.69, 9.17) is 13.6 Å². The standard InChI is InChI=1S/C64H40N2O3/c1-3-14-41(15-4-1)43-28-33-46(34-29-43)65(55-24-12-22-52-49-19-7-9-26-58(49)67-62(52)55)48-37-39-60-54(40-48)51-21-11-18-45-32-38-57(64(69-60)61(45)51)66(47-35-30-44(31-36-47)42-16-5-2-6-17-42)56-25-13-23-53-50-20-8-10-27-59(50)68-63(53)56/h1-40H. The van der Waals surface area contributed by atoms with Crippen LogP contribution in [0.15, 0.2) is 251 Å². The van der Waals surface area contributed by atoms with Gasteiger partial charge in [-0.15, -0.1) is 0 Å². The van der Waals surface area contributed by atoms with E-state index in [-0.39, 0.29) is 0 Å². The number of para-hydroxylation sites is 4. The number of hydrogen-bond acceptors (Lipinski definition) is 5. The highest BCUT2D eigenvalue weighted by atomic mass is 16.5. The fourth-order valence-corrected chi connectivity index (χ4v) is 10.4. The summed E-state index contributed by atoms with van der Waals surface area (Å²) < 4.78 is 20.7.